The van der Waals surface area contributed by atoms with Gasteiger partial charge in [0, 0.05) is 25.5 Å². The highest BCUT2D eigenvalue weighted by molar-refractivity contribution is 7.99. The number of halogens is 3. The monoisotopic (exact) mass is 398 g/mol. The van der Waals surface area contributed by atoms with Gasteiger partial charge >= 0.3 is 0 Å². The zero-order chi connectivity index (χ0) is 19.7. The van der Waals surface area contributed by atoms with Crippen molar-refractivity contribution in [2.24, 2.45) is 0 Å². The third kappa shape index (κ3) is 3.68. The van der Waals surface area contributed by atoms with E-state index in [0.717, 1.165) is 17.2 Å². The van der Waals surface area contributed by atoms with Crippen LogP contribution in [0.1, 0.15) is 10.4 Å². The van der Waals surface area contributed by atoms with Crippen LogP contribution in [0.5, 0.6) is 0 Å². The molecule has 1 N–H and O–H groups in total. The van der Waals surface area contributed by atoms with Crippen molar-refractivity contribution in [1.82, 2.24) is 14.5 Å². The molecule has 2 aromatic rings. The molecule has 0 aliphatic carbocycles. The van der Waals surface area contributed by atoms with Crippen molar-refractivity contribution < 1.29 is 22.8 Å². The fraction of sp³-hybridized carbons (Fsp3) is 0.250. The first-order valence-electron chi connectivity index (χ1n) is 7.71. The van der Waals surface area contributed by atoms with E-state index < -0.39 is 47.1 Å². The molecule has 0 saturated heterocycles. The van der Waals surface area contributed by atoms with Crippen LogP contribution in [0.25, 0.3) is 0 Å². The zero-order valence-electron chi connectivity index (χ0n) is 14.0. The number of rotatable bonds is 4. The number of carbonyl (C=O) groups is 2. The maximum Gasteiger partial charge on any atom is 0.267 e. The second-order valence-electron chi connectivity index (χ2n) is 5.69. The minimum atomic E-state index is -1.72. The molecule has 0 bridgehead atoms. The number of nitrogens with one attached hydrogen (secondary N) is 1. The molecule has 27 heavy (non-hydrogen) atoms. The van der Waals surface area contributed by atoms with E-state index in [9.17, 15) is 27.6 Å². The third-order valence-corrected chi connectivity index (χ3v) is 4.79. The van der Waals surface area contributed by atoms with Gasteiger partial charge in [-0.1, -0.05) is 11.8 Å². The second-order valence-corrected chi connectivity index (χ2v) is 6.75. The van der Waals surface area contributed by atoms with Gasteiger partial charge in [-0.25, -0.2) is 18.2 Å². The van der Waals surface area contributed by atoms with Gasteiger partial charge in [-0.05, 0) is 12.1 Å². The molecule has 3 rings (SSSR count). The van der Waals surface area contributed by atoms with Gasteiger partial charge < -0.3 is 10.2 Å². The van der Waals surface area contributed by atoms with Crippen molar-refractivity contribution in [2.75, 3.05) is 24.7 Å². The molecule has 1 aromatic heterocycles. The number of hydrogen-bond acceptors (Lipinski definition) is 5. The molecule has 0 saturated carbocycles. The molecule has 1 aliphatic heterocycles. The average Bonchev–Trinajstić information content (AvgIpc) is 3.11. The van der Waals surface area contributed by atoms with Crippen molar-refractivity contribution in [3.63, 3.8) is 0 Å². The number of carbonyl (C=O) groups excluding carboxylic acids is 2. The summed E-state index contributed by atoms with van der Waals surface area (Å²) in [7, 11) is 1.27. The van der Waals surface area contributed by atoms with Crippen LogP contribution in [0.15, 0.2) is 28.3 Å². The topological polar surface area (TPSA) is 84.3 Å². The van der Waals surface area contributed by atoms with Crippen molar-refractivity contribution >= 4 is 29.3 Å². The van der Waals surface area contributed by atoms with Crippen LogP contribution in [0.4, 0.5) is 18.9 Å². The van der Waals surface area contributed by atoms with E-state index in [-0.39, 0.29) is 5.56 Å². The molecule has 0 atom stereocenters. The van der Waals surface area contributed by atoms with Crippen LogP contribution in [0.3, 0.4) is 0 Å². The smallest absolute Gasteiger partial charge is 0.267 e. The molecule has 1 aromatic carbocycles. The Labute approximate surface area is 155 Å². The Morgan fingerprint density at radius 3 is 2.78 bits per heavy atom. The molecule has 7 nitrogen and oxygen atoms in total. The molecule has 1 aliphatic rings. The fourth-order valence-corrected chi connectivity index (χ4v) is 3.38. The number of amides is 2. The molecule has 11 heteroatoms. The molecular weight excluding hydrogens is 385 g/mol. The quantitative estimate of drug-likeness (QED) is 0.623. The number of benzene rings is 1. The van der Waals surface area contributed by atoms with Crippen LogP contribution >= 0.6 is 11.8 Å². The summed E-state index contributed by atoms with van der Waals surface area (Å²) in [5.41, 5.74) is -1.26. The molecule has 142 valence electrons. The lowest BCUT2D eigenvalue weighted by Crippen LogP contribution is -2.39. The van der Waals surface area contributed by atoms with Gasteiger partial charge in [0.25, 0.3) is 11.5 Å². The van der Waals surface area contributed by atoms with Crippen LogP contribution in [0, 0.1) is 17.5 Å². The van der Waals surface area contributed by atoms with Crippen molar-refractivity contribution in [3.8, 4) is 0 Å². The molecule has 0 unspecified atom stereocenters. The fourth-order valence-electron chi connectivity index (χ4n) is 2.47. The Morgan fingerprint density at radius 2 is 2.04 bits per heavy atom. The number of fused-ring (bicyclic) bond motifs is 1. The van der Waals surface area contributed by atoms with E-state index in [1.54, 1.807) is 0 Å². The van der Waals surface area contributed by atoms with Crippen LogP contribution < -0.4 is 10.9 Å². The molecular formula is C16H13F3N4O3S. The van der Waals surface area contributed by atoms with Crippen LogP contribution in [-0.4, -0.2) is 45.6 Å². The van der Waals surface area contributed by atoms with E-state index in [1.165, 1.54) is 23.4 Å². The molecule has 0 spiro atoms. The van der Waals surface area contributed by atoms with E-state index in [4.69, 9.17) is 0 Å². The molecule has 2 amide bonds. The minimum absolute atomic E-state index is 0.199. The Bertz CT molecular complexity index is 996. The summed E-state index contributed by atoms with van der Waals surface area (Å²) < 4.78 is 41.1. The minimum Gasteiger partial charge on any atom is -0.332 e. The Balaban J connectivity index is 1.71. The SMILES string of the molecule is CN(CC(=O)Nc1ccc(F)c(F)c1F)C(=O)c1cnc2n(c1=O)CCS2. The van der Waals surface area contributed by atoms with Gasteiger partial charge in [0.05, 0.1) is 12.2 Å². The summed E-state index contributed by atoms with van der Waals surface area (Å²) >= 11 is 1.40. The number of nitrogens with zero attached hydrogens (tertiary/aromatic N) is 3. The first kappa shape index (κ1) is 19.0. The van der Waals surface area contributed by atoms with Crippen molar-refractivity contribution in [3.05, 3.63) is 51.7 Å². The first-order valence-corrected chi connectivity index (χ1v) is 8.69. The third-order valence-electron chi connectivity index (χ3n) is 3.82. The summed E-state index contributed by atoms with van der Waals surface area (Å²) in [5, 5.41) is 2.57. The highest BCUT2D eigenvalue weighted by atomic mass is 32.2. The van der Waals surface area contributed by atoms with E-state index in [2.05, 4.69) is 10.3 Å². The predicted octanol–water partition coefficient (Wildman–Crippen LogP) is 1.48. The van der Waals surface area contributed by atoms with E-state index in [1.807, 2.05) is 0 Å². The zero-order valence-corrected chi connectivity index (χ0v) is 14.8. The standard InChI is InChI=1S/C16H13F3N4O3S/c1-22(7-11(24)21-10-3-2-9(17)12(18)13(10)19)14(25)8-6-20-16-23(15(8)26)4-5-27-16/h2-3,6H,4-5,7H2,1H3,(H,21,24). The Morgan fingerprint density at radius 1 is 1.30 bits per heavy atom. The van der Waals surface area contributed by atoms with Crippen LogP contribution in [-0.2, 0) is 11.3 Å². The maximum absolute atomic E-state index is 13.6. The summed E-state index contributed by atoms with van der Waals surface area (Å²) in [5.74, 6) is -5.55. The average molecular weight is 398 g/mol. The molecule has 2 heterocycles. The van der Waals surface area contributed by atoms with Gasteiger partial charge in [-0.2, -0.15) is 0 Å². The largest absolute Gasteiger partial charge is 0.332 e. The molecule has 0 fully saturated rings. The summed E-state index contributed by atoms with van der Waals surface area (Å²) in [6.45, 7) is -0.0974. The number of thioether (sulfide) groups is 1. The van der Waals surface area contributed by atoms with Gasteiger partial charge in [0.1, 0.15) is 5.56 Å². The maximum atomic E-state index is 13.6. The molecule has 0 radical (unpaired) electrons. The second kappa shape index (κ2) is 7.43. The lowest BCUT2D eigenvalue weighted by molar-refractivity contribution is -0.116. The van der Waals surface area contributed by atoms with Gasteiger partial charge in [0.15, 0.2) is 22.6 Å². The van der Waals surface area contributed by atoms with Gasteiger partial charge in [-0.15, -0.1) is 0 Å². The van der Waals surface area contributed by atoms with Crippen LogP contribution in [0.2, 0.25) is 0 Å². The lowest BCUT2D eigenvalue weighted by atomic mass is 10.2. The summed E-state index contributed by atoms with van der Waals surface area (Å²) in [6.07, 6.45) is 1.15. The summed E-state index contributed by atoms with van der Waals surface area (Å²) in [4.78, 5) is 41.7. The Hall–Kier alpha value is -2.82. The predicted molar refractivity (Wildman–Crippen MR) is 91.1 cm³/mol. The van der Waals surface area contributed by atoms with E-state index >= 15 is 0 Å². The number of aromatic nitrogens is 2. The van der Waals surface area contributed by atoms with Gasteiger partial charge in [0.2, 0.25) is 5.91 Å². The highest BCUT2D eigenvalue weighted by Crippen LogP contribution is 2.21. The van der Waals surface area contributed by atoms with Gasteiger partial charge in [-0.3, -0.25) is 19.0 Å². The number of likely N-dealkylation sites (N-methyl/N-ethyl adjacent to an activating group) is 1. The van der Waals surface area contributed by atoms with Crippen molar-refractivity contribution in [2.45, 2.75) is 11.7 Å². The number of anilines is 1. The first-order chi connectivity index (χ1) is 12.8. The lowest BCUT2D eigenvalue weighted by Gasteiger charge is -2.17. The summed E-state index contributed by atoms with van der Waals surface area (Å²) in [6, 6.07) is 1.53. The highest BCUT2D eigenvalue weighted by Gasteiger charge is 2.24. The van der Waals surface area contributed by atoms with Crippen molar-refractivity contribution in [1.29, 1.82) is 0 Å². The number of hydrogen-bond donors (Lipinski definition) is 1. The Kier molecular flexibility index (Phi) is 5.22. The van der Waals surface area contributed by atoms with E-state index in [0.29, 0.717) is 23.5 Å². The normalized spacial score (nSPS) is 12.6.